The van der Waals surface area contributed by atoms with E-state index in [4.69, 9.17) is 0 Å². The highest BCUT2D eigenvalue weighted by Crippen LogP contribution is 2.21. The number of nitrogens with zero attached hydrogens (tertiary/aromatic N) is 1. The van der Waals surface area contributed by atoms with Gasteiger partial charge < -0.3 is 10.2 Å². The van der Waals surface area contributed by atoms with Crippen LogP contribution in [-0.4, -0.2) is 35.8 Å². The highest BCUT2D eigenvalue weighted by molar-refractivity contribution is 5.90. The van der Waals surface area contributed by atoms with Crippen molar-refractivity contribution in [1.82, 2.24) is 10.2 Å². The maximum Gasteiger partial charge on any atom is 0.245 e. The Bertz CT molecular complexity index is 283. The molecule has 0 aromatic carbocycles. The largest absolute Gasteiger partial charge is 0.344 e. The number of rotatable bonds is 2. The summed E-state index contributed by atoms with van der Waals surface area (Å²) >= 11 is 0. The van der Waals surface area contributed by atoms with Crippen molar-refractivity contribution in [1.29, 1.82) is 0 Å². The van der Waals surface area contributed by atoms with Crippen molar-refractivity contribution in [3.63, 3.8) is 0 Å². The van der Waals surface area contributed by atoms with Gasteiger partial charge in [0.2, 0.25) is 11.8 Å². The second kappa shape index (κ2) is 4.85. The Kier molecular flexibility index (Phi) is 3.46. The highest BCUT2D eigenvalue weighted by atomic mass is 16.2. The molecule has 4 heteroatoms. The van der Waals surface area contributed by atoms with Crippen molar-refractivity contribution in [3.8, 4) is 0 Å². The Hall–Kier alpha value is -1.06. The Balaban J connectivity index is 1.84. The molecule has 0 bridgehead atoms. The molecule has 2 amide bonds. The molecule has 0 aliphatic carbocycles. The van der Waals surface area contributed by atoms with Gasteiger partial charge in [-0.15, -0.1) is 0 Å². The zero-order valence-corrected chi connectivity index (χ0v) is 9.58. The third kappa shape index (κ3) is 2.36. The van der Waals surface area contributed by atoms with Gasteiger partial charge >= 0.3 is 0 Å². The van der Waals surface area contributed by atoms with E-state index in [0.717, 1.165) is 32.4 Å². The molecule has 1 radical (unpaired) electrons. The smallest absolute Gasteiger partial charge is 0.245 e. The topological polar surface area (TPSA) is 49.4 Å². The number of hydrogen-bond donors (Lipinski definition) is 1. The molecule has 2 aliphatic heterocycles. The first-order chi connectivity index (χ1) is 7.70. The maximum absolute atomic E-state index is 12.0. The van der Waals surface area contributed by atoms with Gasteiger partial charge in [-0.25, -0.2) is 0 Å². The summed E-state index contributed by atoms with van der Waals surface area (Å²) in [6, 6.07) is -0.260. The van der Waals surface area contributed by atoms with Gasteiger partial charge in [0.1, 0.15) is 6.04 Å². The maximum atomic E-state index is 12.0. The summed E-state index contributed by atoms with van der Waals surface area (Å²) in [5.74, 6) is 0.779. The van der Waals surface area contributed by atoms with Crippen LogP contribution in [0.5, 0.6) is 0 Å². The lowest BCUT2D eigenvalue weighted by molar-refractivity contribution is -0.135. The summed E-state index contributed by atoms with van der Waals surface area (Å²) in [5.41, 5.74) is 0. The molecule has 4 nitrogen and oxygen atoms in total. The van der Waals surface area contributed by atoms with Crippen LogP contribution in [-0.2, 0) is 9.59 Å². The molecule has 16 heavy (non-hydrogen) atoms. The molecule has 0 aromatic rings. The fourth-order valence-electron chi connectivity index (χ4n) is 2.46. The SMILES string of the molecule is [CH2]CC1CCN(C(=O)C2CCC(=O)N2)CC1. The van der Waals surface area contributed by atoms with E-state index in [2.05, 4.69) is 12.2 Å². The van der Waals surface area contributed by atoms with Crippen LogP contribution in [0.3, 0.4) is 0 Å². The van der Waals surface area contributed by atoms with Gasteiger partial charge in [-0.3, -0.25) is 9.59 Å². The summed E-state index contributed by atoms with van der Waals surface area (Å²) < 4.78 is 0. The number of likely N-dealkylation sites (tertiary alicyclic amines) is 1. The van der Waals surface area contributed by atoms with E-state index < -0.39 is 0 Å². The fraction of sp³-hybridized carbons (Fsp3) is 0.750. The third-order valence-electron chi connectivity index (χ3n) is 3.63. The average Bonchev–Trinajstić information content (AvgIpc) is 2.75. The number of amides is 2. The Morgan fingerprint density at radius 3 is 2.56 bits per heavy atom. The zero-order chi connectivity index (χ0) is 11.5. The summed E-state index contributed by atoms with van der Waals surface area (Å²) in [5, 5.41) is 2.73. The van der Waals surface area contributed by atoms with E-state index in [1.165, 1.54) is 0 Å². The molecule has 2 rings (SSSR count). The van der Waals surface area contributed by atoms with E-state index in [9.17, 15) is 9.59 Å². The first-order valence-corrected chi connectivity index (χ1v) is 6.08. The van der Waals surface area contributed by atoms with E-state index >= 15 is 0 Å². The molecule has 2 fully saturated rings. The molecule has 2 aliphatic rings. The van der Waals surface area contributed by atoms with Gasteiger partial charge in [0, 0.05) is 19.5 Å². The number of piperidine rings is 1. The number of nitrogens with one attached hydrogen (secondary N) is 1. The Morgan fingerprint density at radius 2 is 2.06 bits per heavy atom. The van der Waals surface area contributed by atoms with Gasteiger partial charge in [-0.05, 0) is 25.2 Å². The minimum atomic E-state index is -0.260. The zero-order valence-electron chi connectivity index (χ0n) is 9.58. The van der Waals surface area contributed by atoms with Crippen molar-refractivity contribution in [2.45, 2.75) is 38.1 Å². The second-order valence-electron chi connectivity index (χ2n) is 4.72. The number of carbonyl (C=O) groups excluding carboxylic acids is 2. The normalized spacial score (nSPS) is 26.9. The number of hydrogen-bond acceptors (Lipinski definition) is 2. The van der Waals surface area contributed by atoms with Crippen LogP contribution in [0.25, 0.3) is 0 Å². The van der Waals surface area contributed by atoms with Crippen molar-refractivity contribution < 1.29 is 9.59 Å². The van der Waals surface area contributed by atoms with Crippen LogP contribution in [0.1, 0.15) is 32.1 Å². The summed E-state index contributed by atoms with van der Waals surface area (Å²) in [4.78, 5) is 25.0. The van der Waals surface area contributed by atoms with Crippen molar-refractivity contribution in [2.75, 3.05) is 13.1 Å². The van der Waals surface area contributed by atoms with E-state index in [1.807, 2.05) is 4.90 Å². The molecule has 0 spiro atoms. The molecular formula is C12H19N2O2. The van der Waals surface area contributed by atoms with Crippen LogP contribution in [0.4, 0.5) is 0 Å². The Morgan fingerprint density at radius 1 is 1.38 bits per heavy atom. The summed E-state index contributed by atoms with van der Waals surface area (Å²) in [6.07, 6.45) is 4.21. The molecule has 2 heterocycles. The van der Waals surface area contributed by atoms with Crippen LogP contribution in [0.2, 0.25) is 0 Å². The third-order valence-corrected chi connectivity index (χ3v) is 3.63. The number of carbonyl (C=O) groups is 2. The monoisotopic (exact) mass is 223 g/mol. The lowest BCUT2D eigenvalue weighted by Gasteiger charge is -2.33. The molecule has 2 saturated heterocycles. The second-order valence-corrected chi connectivity index (χ2v) is 4.72. The standard InChI is InChI=1S/C12H19N2O2/c1-2-9-5-7-14(8-6-9)12(16)10-3-4-11(15)13-10/h9-10H,1-8H2,(H,13,15). The minimum Gasteiger partial charge on any atom is -0.344 e. The van der Waals surface area contributed by atoms with Gasteiger partial charge in [0.15, 0.2) is 0 Å². The van der Waals surface area contributed by atoms with E-state index in [1.54, 1.807) is 0 Å². The molecule has 0 aromatic heterocycles. The van der Waals surface area contributed by atoms with E-state index in [-0.39, 0.29) is 17.9 Å². The first-order valence-electron chi connectivity index (χ1n) is 6.08. The molecule has 1 atom stereocenters. The van der Waals surface area contributed by atoms with Crippen molar-refractivity contribution in [3.05, 3.63) is 6.92 Å². The van der Waals surface area contributed by atoms with Gasteiger partial charge in [0.25, 0.3) is 0 Å². The van der Waals surface area contributed by atoms with Crippen LogP contribution in [0.15, 0.2) is 0 Å². The van der Waals surface area contributed by atoms with Crippen molar-refractivity contribution in [2.24, 2.45) is 5.92 Å². The molecule has 1 N–H and O–H groups in total. The fourth-order valence-corrected chi connectivity index (χ4v) is 2.46. The van der Waals surface area contributed by atoms with Crippen LogP contribution < -0.4 is 5.32 Å². The van der Waals surface area contributed by atoms with Crippen molar-refractivity contribution >= 4 is 11.8 Å². The van der Waals surface area contributed by atoms with Crippen LogP contribution in [0, 0.1) is 12.8 Å². The van der Waals surface area contributed by atoms with E-state index in [0.29, 0.717) is 18.8 Å². The average molecular weight is 223 g/mol. The minimum absolute atomic E-state index is 0.00555. The molecule has 89 valence electrons. The lowest BCUT2D eigenvalue weighted by Crippen LogP contribution is -2.47. The molecular weight excluding hydrogens is 204 g/mol. The highest BCUT2D eigenvalue weighted by Gasteiger charge is 2.32. The lowest BCUT2D eigenvalue weighted by atomic mass is 9.94. The summed E-state index contributed by atoms with van der Waals surface area (Å²) in [6.45, 7) is 5.56. The van der Waals surface area contributed by atoms with Gasteiger partial charge in [-0.1, -0.05) is 13.3 Å². The van der Waals surface area contributed by atoms with Crippen LogP contribution >= 0.6 is 0 Å². The van der Waals surface area contributed by atoms with Gasteiger partial charge in [-0.2, -0.15) is 0 Å². The quantitative estimate of drug-likeness (QED) is 0.750. The molecule has 0 saturated carbocycles. The first kappa shape index (κ1) is 11.4. The van der Waals surface area contributed by atoms with Gasteiger partial charge in [0.05, 0.1) is 0 Å². The Labute approximate surface area is 96.4 Å². The predicted octanol–water partition coefficient (Wildman–Crippen LogP) is 0.728. The predicted molar refractivity (Wildman–Crippen MR) is 60.4 cm³/mol. The molecule has 1 unspecified atom stereocenters. The summed E-state index contributed by atoms with van der Waals surface area (Å²) in [7, 11) is 0.